The molecule has 4 nitrogen and oxygen atoms in total. The first kappa shape index (κ1) is 9.15. The maximum absolute atomic E-state index is 9.47. The van der Waals surface area contributed by atoms with Crippen molar-refractivity contribution in [3.8, 4) is 17.2 Å². The van der Waals surface area contributed by atoms with Crippen LogP contribution in [0.4, 0.5) is 0 Å². The van der Waals surface area contributed by atoms with Crippen molar-refractivity contribution in [1.82, 2.24) is 0 Å². The lowest BCUT2D eigenvalue weighted by Gasteiger charge is -2.25. The summed E-state index contributed by atoms with van der Waals surface area (Å²) >= 11 is 0. The van der Waals surface area contributed by atoms with E-state index in [1.807, 2.05) is 6.92 Å². The third kappa shape index (κ3) is 1.48. The van der Waals surface area contributed by atoms with Crippen molar-refractivity contribution in [3.05, 3.63) is 17.7 Å². The van der Waals surface area contributed by atoms with Crippen molar-refractivity contribution < 1.29 is 14.6 Å². The van der Waals surface area contributed by atoms with Crippen LogP contribution in [0.15, 0.2) is 12.1 Å². The number of benzene rings is 1. The fraction of sp³-hybridized carbons (Fsp3) is 0.400. The summed E-state index contributed by atoms with van der Waals surface area (Å²) in [6.07, 6.45) is -0.121. The van der Waals surface area contributed by atoms with E-state index in [2.05, 4.69) is 0 Å². The van der Waals surface area contributed by atoms with E-state index in [0.717, 1.165) is 5.56 Å². The normalized spacial score (nSPS) is 19.4. The first-order valence-electron chi connectivity index (χ1n) is 4.54. The monoisotopic (exact) mass is 195 g/mol. The molecule has 1 aliphatic heterocycles. The third-order valence-electron chi connectivity index (χ3n) is 2.24. The molecule has 1 aromatic carbocycles. The van der Waals surface area contributed by atoms with Gasteiger partial charge in [-0.05, 0) is 18.6 Å². The minimum Gasteiger partial charge on any atom is -0.508 e. The molecular formula is C10H13NO3. The molecule has 1 atom stereocenters. The van der Waals surface area contributed by atoms with Gasteiger partial charge in [-0.2, -0.15) is 0 Å². The molecule has 0 radical (unpaired) electrons. The Bertz CT molecular complexity index is 351. The topological polar surface area (TPSA) is 64.7 Å². The van der Waals surface area contributed by atoms with Gasteiger partial charge in [0.2, 0.25) is 0 Å². The maximum atomic E-state index is 9.47. The number of phenolic OH excluding ortho intramolecular Hbond substituents is 1. The van der Waals surface area contributed by atoms with Gasteiger partial charge in [-0.15, -0.1) is 0 Å². The van der Waals surface area contributed by atoms with E-state index in [1.54, 1.807) is 12.1 Å². The zero-order valence-corrected chi connectivity index (χ0v) is 7.99. The molecule has 1 aliphatic rings. The molecule has 0 bridgehead atoms. The molecule has 0 amide bonds. The molecule has 0 saturated heterocycles. The summed E-state index contributed by atoms with van der Waals surface area (Å²) in [6, 6.07) is 3.32. The summed E-state index contributed by atoms with van der Waals surface area (Å²) in [5.74, 6) is 1.45. The lowest BCUT2D eigenvalue weighted by atomic mass is 10.2. The van der Waals surface area contributed by atoms with Gasteiger partial charge in [0.15, 0.2) is 11.5 Å². The highest BCUT2D eigenvalue weighted by Gasteiger charge is 2.20. The molecule has 0 fully saturated rings. The van der Waals surface area contributed by atoms with Crippen LogP contribution in [0.5, 0.6) is 17.2 Å². The van der Waals surface area contributed by atoms with Crippen LogP contribution in [0.1, 0.15) is 5.56 Å². The van der Waals surface area contributed by atoms with E-state index >= 15 is 0 Å². The largest absolute Gasteiger partial charge is 0.508 e. The number of phenols is 1. The Kier molecular flexibility index (Phi) is 2.21. The van der Waals surface area contributed by atoms with Gasteiger partial charge in [-0.3, -0.25) is 0 Å². The van der Waals surface area contributed by atoms with Gasteiger partial charge >= 0.3 is 0 Å². The maximum Gasteiger partial charge on any atom is 0.165 e. The summed E-state index contributed by atoms with van der Waals surface area (Å²) in [4.78, 5) is 0. The molecular weight excluding hydrogens is 182 g/mol. The minimum atomic E-state index is -0.121. The minimum absolute atomic E-state index is 0.121. The molecule has 76 valence electrons. The summed E-state index contributed by atoms with van der Waals surface area (Å²) in [5, 5.41) is 9.47. The standard InChI is InChI=1S/C10H13NO3/c1-6-2-9-10(3-8(6)12)14-7(4-11)5-13-9/h2-3,7,12H,4-5,11H2,1H3. The average molecular weight is 195 g/mol. The fourth-order valence-corrected chi connectivity index (χ4v) is 1.37. The fourth-order valence-electron chi connectivity index (χ4n) is 1.37. The van der Waals surface area contributed by atoms with Crippen LogP contribution in [0.25, 0.3) is 0 Å². The van der Waals surface area contributed by atoms with Crippen molar-refractivity contribution in [2.75, 3.05) is 13.2 Å². The molecule has 2 rings (SSSR count). The van der Waals surface area contributed by atoms with Crippen LogP contribution in [0, 0.1) is 6.92 Å². The van der Waals surface area contributed by atoms with Crippen LogP contribution in [0.3, 0.4) is 0 Å². The van der Waals surface area contributed by atoms with Gasteiger partial charge < -0.3 is 20.3 Å². The van der Waals surface area contributed by atoms with E-state index in [1.165, 1.54) is 0 Å². The number of nitrogens with two attached hydrogens (primary N) is 1. The summed E-state index contributed by atoms with van der Waals surface area (Å²) in [6.45, 7) is 2.69. The molecule has 4 heteroatoms. The number of aromatic hydroxyl groups is 1. The number of ether oxygens (including phenoxy) is 2. The van der Waals surface area contributed by atoms with Gasteiger partial charge in [0.1, 0.15) is 18.5 Å². The molecule has 1 aromatic rings. The molecule has 0 aromatic heterocycles. The van der Waals surface area contributed by atoms with E-state index < -0.39 is 0 Å². The highest BCUT2D eigenvalue weighted by Crippen LogP contribution is 2.36. The second kappa shape index (κ2) is 3.38. The van der Waals surface area contributed by atoms with Crippen LogP contribution < -0.4 is 15.2 Å². The van der Waals surface area contributed by atoms with Crippen LogP contribution >= 0.6 is 0 Å². The highest BCUT2D eigenvalue weighted by atomic mass is 16.6. The second-order valence-corrected chi connectivity index (χ2v) is 3.37. The summed E-state index contributed by atoms with van der Waals surface area (Å²) in [7, 11) is 0. The number of fused-ring (bicyclic) bond motifs is 1. The zero-order valence-electron chi connectivity index (χ0n) is 7.99. The first-order chi connectivity index (χ1) is 6.70. The Morgan fingerprint density at radius 1 is 1.50 bits per heavy atom. The van der Waals surface area contributed by atoms with Gasteiger partial charge in [0.05, 0.1) is 0 Å². The number of aryl methyl sites for hydroxylation is 1. The van der Waals surface area contributed by atoms with Gasteiger partial charge in [0, 0.05) is 12.6 Å². The quantitative estimate of drug-likeness (QED) is 0.695. The van der Waals surface area contributed by atoms with E-state index in [-0.39, 0.29) is 11.9 Å². The molecule has 0 spiro atoms. The van der Waals surface area contributed by atoms with Crippen LogP contribution in [-0.2, 0) is 0 Å². The summed E-state index contributed by atoms with van der Waals surface area (Å²) < 4.78 is 11.0. The smallest absolute Gasteiger partial charge is 0.165 e. The lowest BCUT2D eigenvalue weighted by Crippen LogP contribution is -2.35. The second-order valence-electron chi connectivity index (χ2n) is 3.37. The Labute approximate surface area is 82.2 Å². The van der Waals surface area contributed by atoms with Crippen LogP contribution in [-0.4, -0.2) is 24.4 Å². The lowest BCUT2D eigenvalue weighted by molar-refractivity contribution is 0.0963. The van der Waals surface area contributed by atoms with Gasteiger partial charge in [-0.25, -0.2) is 0 Å². The van der Waals surface area contributed by atoms with Crippen molar-refractivity contribution in [3.63, 3.8) is 0 Å². The highest BCUT2D eigenvalue weighted by molar-refractivity contribution is 5.50. The predicted octanol–water partition coefficient (Wildman–Crippen LogP) is 0.799. The third-order valence-corrected chi connectivity index (χ3v) is 2.24. The van der Waals surface area contributed by atoms with Crippen molar-refractivity contribution in [1.29, 1.82) is 0 Å². The van der Waals surface area contributed by atoms with E-state index in [9.17, 15) is 5.11 Å². The van der Waals surface area contributed by atoms with Crippen molar-refractivity contribution in [2.45, 2.75) is 13.0 Å². The molecule has 0 saturated carbocycles. The number of rotatable bonds is 1. The zero-order chi connectivity index (χ0) is 10.1. The SMILES string of the molecule is Cc1cc2c(cc1O)OC(CN)CO2. The predicted molar refractivity (Wildman–Crippen MR) is 51.8 cm³/mol. The number of hydrogen-bond donors (Lipinski definition) is 2. The summed E-state index contributed by atoms with van der Waals surface area (Å²) in [5.41, 5.74) is 6.24. The molecule has 0 aliphatic carbocycles. The molecule has 14 heavy (non-hydrogen) atoms. The Hall–Kier alpha value is -1.42. The van der Waals surface area contributed by atoms with Crippen LogP contribution in [0.2, 0.25) is 0 Å². The first-order valence-corrected chi connectivity index (χ1v) is 4.54. The Balaban J connectivity index is 2.33. The Morgan fingerprint density at radius 2 is 2.29 bits per heavy atom. The Morgan fingerprint density at radius 3 is 3.00 bits per heavy atom. The van der Waals surface area contributed by atoms with Crippen molar-refractivity contribution >= 4 is 0 Å². The van der Waals surface area contributed by atoms with Gasteiger partial charge in [0.25, 0.3) is 0 Å². The average Bonchev–Trinajstić information content (AvgIpc) is 2.19. The van der Waals surface area contributed by atoms with Crippen molar-refractivity contribution in [2.24, 2.45) is 5.73 Å². The molecule has 1 heterocycles. The van der Waals surface area contributed by atoms with Gasteiger partial charge in [-0.1, -0.05) is 0 Å². The molecule has 1 unspecified atom stereocenters. The number of hydrogen-bond acceptors (Lipinski definition) is 4. The van der Waals surface area contributed by atoms with E-state index in [4.69, 9.17) is 15.2 Å². The van der Waals surface area contributed by atoms with E-state index in [0.29, 0.717) is 24.7 Å². The molecule has 3 N–H and O–H groups in total.